The first-order valence-corrected chi connectivity index (χ1v) is 14.9. The Morgan fingerprint density at radius 1 is 1.00 bits per heavy atom. The average molecular weight is 639 g/mol. The van der Waals surface area contributed by atoms with Gasteiger partial charge >= 0.3 is 6.18 Å². The Morgan fingerprint density at radius 2 is 1.74 bits per heavy atom. The molecule has 0 bridgehead atoms. The van der Waals surface area contributed by atoms with Gasteiger partial charge < -0.3 is 20.6 Å². The normalized spacial score (nSPS) is 13.9. The zero-order chi connectivity index (χ0) is 33.3. The van der Waals surface area contributed by atoms with E-state index in [1.165, 1.54) is 6.20 Å². The van der Waals surface area contributed by atoms with Crippen LogP contribution in [0.3, 0.4) is 0 Å². The van der Waals surface area contributed by atoms with Gasteiger partial charge in [0.25, 0.3) is 18.3 Å². The lowest BCUT2D eigenvalue weighted by Gasteiger charge is -2.32. The number of alkyl halides is 3. The SMILES string of the molecule is CCCc1ccc(C(=O)Nc2cc(CN3CCN(C)CC3)cc(C(F)(F)F)c2)cc1CNC(=O)c1cnc2ccccn12.O=CO. The Morgan fingerprint density at radius 3 is 2.43 bits per heavy atom. The molecule has 3 N–H and O–H groups in total. The molecular formula is C33H37F3N6O4. The number of carboxylic acid groups (broad SMARTS) is 1. The first-order chi connectivity index (χ1) is 22.0. The van der Waals surface area contributed by atoms with E-state index in [1.54, 1.807) is 34.9 Å². The molecule has 2 aromatic heterocycles. The van der Waals surface area contributed by atoms with E-state index in [0.29, 0.717) is 23.4 Å². The predicted octanol–water partition coefficient (Wildman–Crippen LogP) is 4.94. The van der Waals surface area contributed by atoms with Crippen LogP contribution in [0.25, 0.3) is 5.65 Å². The van der Waals surface area contributed by atoms with Crippen LogP contribution in [0.5, 0.6) is 0 Å². The van der Waals surface area contributed by atoms with Gasteiger partial charge in [-0.2, -0.15) is 13.2 Å². The van der Waals surface area contributed by atoms with Crippen LogP contribution in [0.2, 0.25) is 0 Å². The summed E-state index contributed by atoms with van der Waals surface area (Å²) in [7, 11) is 2.02. The van der Waals surface area contributed by atoms with Crippen LogP contribution in [0.1, 0.15) is 56.4 Å². The second-order valence-electron chi connectivity index (χ2n) is 11.0. The number of fused-ring (bicyclic) bond motifs is 1. The zero-order valence-corrected chi connectivity index (χ0v) is 25.7. The number of carbonyl (C=O) groups is 3. The Bertz CT molecular complexity index is 1660. The molecule has 4 aromatic rings. The summed E-state index contributed by atoms with van der Waals surface area (Å²) >= 11 is 0. The van der Waals surface area contributed by atoms with E-state index in [0.717, 1.165) is 62.3 Å². The number of benzene rings is 2. The molecule has 0 radical (unpaired) electrons. The highest BCUT2D eigenvalue weighted by atomic mass is 19.4. The lowest BCUT2D eigenvalue weighted by molar-refractivity contribution is -0.137. The molecule has 0 aliphatic carbocycles. The first-order valence-electron chi connectivity index (χ1n) is 14.9. The van der Waals surface area contributed by atoms with E-state index in [4.69, 9.17) is 9.90 Å². The van der Waals surface area contributed by atoms with Crippen molar-refractivity contribution in [2.45, 2.75) is 39.0 Å². The molecule has 0 saturated carbocycles. The molecule has 2 amide bonds. The quantitative estimate of drug-likeness (QED) is 0.222. The van der Waals surface area contributed by atoms with Crippen LogP contribution in [-0.4, -0.2) is 75.8 Å². The molecule has 3 heterocycles. The molecular weight excluding hydrogens is 601 g/mol. The summed E-state index contributed by atoms with van der Waals surface area (Å²) in [5.41, 5.74) is 2.84. The van der Waals surface area contributed by atoms with Gasteiger partial charge in [-0.1, -0.05) is 25.5 Å². The number of carbonyl (C=O) groups excluding carboxylic acids is 2. The molecule has 0 spiro atoms. The largest absolute Gasteiger partial charge is 0.483 e. The van der Waals surface area contributed by atoms with Crippen LogP contribution in [0.4, 0.5) is 18.9 Å². The van der Waals surface area contributed by atoms with Gasteiger partial charge in [0.15, 0.2) is 0 Å². The lowest BCUT2D eigenvalue weighted by Crippen LogP contribution is -2.43. The van der Waals surface area contributed by atoms with Gasteiger partial charge in [-0.15, -0.1) is 0 Å². The molecule has 1 fully saturated rings. The number of aromatic nitrogens is 2. The maximum atomic E-state index is 13.8. The van der Waals surface area contributed by atoms with Crippen LogP contribution in [0, 0.1) is 0 Å². The summed E-state index contributed by atoms with van der Waals surface area (Å²) in [5, 5.41) is 12.5. The Balaban J connectivity index is 0.00000154. The fraction of sp³-hybridized carbons (Fsp3) is 0.333. The van der Waals surface area contributed by atoms with Gasteiger partial charge in [-0.3, -0.25) is 23.7 Å². The number of amides is 2. The van der Waals surface area contributed by atoms with Crippen LogP contribution < -0.4 is 10.6 Å². The topological polar surface area (TPSA) is 119 Å². The van der Waals surface area contributed by atoms with Crippen LogP contribution in [0.15, 0.2) is 67.0 Å². The molecule has 1 saturated heterocycles. The number of piperazine rings is 1. The van der Waals surface area contributed by atoms with Crippen molar-refractivity contribution in [3.8, 4) is 0 Å². The summed E-state index contributed by atoms with van der Waals surface area (Å²) in [6, 6.07) is 14.4. The van der Waals surface area contributed by atoms with Crippen molar-refractivity contribution in [1.29, 1.82) is 0 Å². The number of nitrogens with zero attached hydrogens (tertiary/aromatic N) is 4. The molecule has 13 heteroatoms. The number of nitrogens with one attached hydrogen (secondary N) is 2. The lowest BCUT2D eigenvalue weighted by atomic mass is 9.99. The molecule has 244 valence electrons. The van der Waals surface area contributed by atoms with Gasteiger partial charge in [0, 0.05) is 56.7 Å². The predicted molar refractivity (Wildman–Crippen MR) is 168 cm³/mol. The fourth-order valence-corrected chi connectivity index (χ4v) is 5.30. The number of likely N-dealkylation sites (N-methyl/N-ethyl adjacent to an activating group) is 1. The van der Waals surface area contributed by atoms with Crippen LogP contribution >= 0.6 is 0 Å². The summed E-state index contributed by atoms with van der Waals surface area (Å²) in [4.78, 5) is 43.2. The van der Waals surface area contributed by atoms with Crippen molar-refractivity contribution < 1.29 is 32.7 Å². The molecule has 5 rings (SSSR count). The van der Waals surface area contributed by atoms with E-state index < -0.39 is 17.6 Å². The number of hydrogen-bond donors (Lipinski definition) is 3. The van der Waals surface area contributed by atoms with Crippen molar-refractivity contribution in [2.75, 3.05) is 38.5 Å². The highest BCUT2D eigenvalue weighted by Gasteiger charge is 2.31. The van der Waals surface area contributed by atoms with Crippen molar-refractivity contribution in [3.63, 3.8) is 0 Å². The summed E-state index contributed by atoms with van der Waals surface area (Å²) in [6.07, 6.45) is 0.321. The number of imidazole rings is 1. The minimum Gasteiger partial charge on any atom is -0.483 e. The molecule has 1 aliphatic rings. The summed E-state index contributed by atoms with van der Waals surface area (Å²) < 4.78 is 43.0. The fourth-order valence-electron chi connectivity index (χ4n) is 5.30. The summed E-state index contributed by atoms with van der Waals surface area (Å²) in [6.45, 7) is 5.53. The molecule has 10 nitrogen and oxygen atoms in total. The minimum atomic E-state index is -4.55. The smallest absolute Gasteiger partial charge is 0.416 e. The van der Waals surface area contributed by atoms with Gasteiger partial charge in [0.05, 0.1) is 11.8 Å². The standard InChI is InChI=1S/C32H35F3N6O2.CH2O2/c1-3-6-23-8-9-24(17-25(23)19-37-31(43)28-20-36-29-7-4-5-10-41(28)29)30(42)38-27-16-22(15-26(18-27)32(33,34)35)21-40-13-11-39(2)12-14-40;2-1-3/h4-5,7-10,15-18,20H,3,6,11-14,19,21H2,1-2H3,(H,37,43)(H,38,42);1H,(H,2,3). The van der Waals surface area contributed by atoms with Gasteiger partial charge in [-0.05, 0) is 72.6 Å². The molecule has 2 aromatic carbocycles. The molecule has 0 unspecified atom stereocenters. The maximum Gasteiger partial charge on any atom is 0.416 e. The van der Waals surface area contributed by atoms with E-state index >= 15 is 0 Å². The van der Waals surface area contributed by atoms with E-state index in [-0.39, 0.29) is 30.2 Å². The summed E-state index contributed by atoms with van der Waals surface area (Å²) in [5.74, 6) is -0.838. The second-order valence-corrected chi connectivity index (χ2v) is 11.0. The van der Waals surface area contributed by atoms with E-state index in [1.807, 2.05) is 32.2 Å². The minimum absolute atomic E-state index is 0.0871. The van der Waals surface area contributed by atoms with Gasteiger partial charge in [-0.25, -0.2) is 4.98 Å². The second kappa shape index (κ2) is 15.5. The van der Waals surface area contributed by atoms with Crippen molar-refractivity contribution >= 4 is 29.6 Å². The first kappa shape index (κ1) is 34.1. The van der Waals surface area contributed by atoms with Crippen molar-refractivity contribution in [2.24, 2.45) is 0 Å². The molecule has 0 atom stereocenters. The van der Waals surface area contributed by atoms with Crippen molar-refractivity contribution in [3.05, 3.63) is 101 Å². The molecule has 1 aliphatic heterocycles. The molecule has 46 heavy (non-hydrogen) atoms. The monoisotopic (exact) mass is 638 g/mol. The number of rotatable bonds is 9. The number of anilines is 1. The third kappa shape index (κ3) is 8.92. The van der Waals surface area contributed by atoms with Crippen molar-refractivity contribution in [1.82, 2.24) is 24.5 Å². The maximum absolute atomic E-state index is 13.8. The Labute approximate surface area is 264 Å². The third-order valence-corrected chi connectivity index (χ3v) is 7.66. The highest BCUT2D eigenvalue weighted by molar-refractivity contribution is 6.04. The van der Waals surface area contributed by atoms with E-state index in [9.17, 15) is 22.8 Å². The van der Waals surface area contributed by atoms with Crippen LogP contribution in [-0.2, 0) is 30.5 Å². The van der Waals surface area contributed by atoms with Gasteiger partial charge in [0.1, 0.15) is 11.3 Å². The van der Waals surface area contributed by atoms with E-state index in [2.05, 4.69) is 25.4 Å². The Kier molecular flexibility index (Phi) is 11.5. The average Bonchev–Trinajstić information content (AvgIpc) is 3.46. The highest BCUT2D eigenvalue weighted by Crippen LogP contribution is 2.32. The number of pyridine rings is 1. The Hall–Kier alpha value is -4.75. The van der Waals surface area contributed by atoms with Gasteiger partial charge in [0.2, 0.25) is 0 Å². The number of aryl methyl sites for hydroxylation is 1. The third-order valence-electron chi connectivity index (χ3n) is 7.66. The number of hydrogen-bond acceptors (Lipinski definition) is 6. The zero-order valence-electron chi connectivity index (χ0n) is 25.7. The number of halogens is 3.